The number of nitrogens with zero attached hydrogens (tertiary/aromatic N) is 3. The van der Waals surface area contributed by atoms with Crippen LogP contribution in [0.2, 0.25) is 0 Å². The monoisotopic (exact) mass is 460 g/mol. The van der Waals surface area contributed by atoms with Crippen LogP contribution in [-0.2, 0) is 0 Å². The van der Waals surface area contributed by atoms with Crippen LogP contribution in [0.25, 0.3) is 11.3 Å². The van der Waals surface area contributed by atoms with E-state index in [0.29, 0.717) is 23.8 Å². The van der Waals surface area contributed by atoms with Gasteiger partial charge in [0.25, 0.3) is 0 Å². The SMILES string of the molecule is C\C=C(/C=C\C(C)=C\CCC)CN=C(N/C=C/CCC)c1nc(-c2ccc(F)cc2)cnc1C. The van der Waals surface area contributed by atoms with Gasteiger partial charge in [0.15, 0.2) is 5.84 Å². The second kappa shape index (κ2) is 14.7. The molecule has 0 aliphatic carbocycles. The van der Waals surface area contributed by atoms with E-state index in [-0.39, 0.29) is 5.82 Å². The van der Waals surface area contributed by atoms with Crippen molar-refractivity contribution in [3.63, 3.8) is 0 Å². The first kappa shape index (κ1) is 26.9. The van der Waals surface area contributed by atoms with Crippen LogP contribution in [0, 0.1) is 12.7 Å². The fourth-order valence-electron chi connectivity index (χ4n) is 3.10. The van der Waals surface area contributed by atoms with Gasteiger partial charge in [0.2, 0.25) is 0 Å². The molecule has 0 spiro atoms. The van der Waals surface area contributed by atoms with Gasteiger partial charge in [0.1, 0.15) is 11.5 Å². The Morgan fingerprint density at radius 3 is 2.50 bits per heavy atom. The van der Waals surface area contributed by atoms with Crippen molar-refractivity contribution < 1.29 is 4.39 Å². The van der Waals surface area contributed by atoms with E-state index >= 15 is 0 Å². The van der Waals surface area contributed by atoms with E-state index in [1.54, 1.807) is 18.3 Å². The number of amidine groups is 1. The summed E-state index contributed by atoms with van der Waals surface area (Å²) in [5.74, 6) is 0.382. The van der Waals surface area contributed by atoms with Gasteiger partial charge >= 0.3 is 0 Å². The van der Waals surface area contributed by atoms with E-state index in [4.69, 9.17) is 9.98 Å². The molecule has 1 aromatic carbocycles. The van der Waals surface area contributed by atoms with Crippen molar-refractivity contribution in [1.82, 2.24) is 15.3 Å². The molecule has 4 nitrogen and oxygen atoms in total. The maximum absolute atomic E-state index is 13.4. The highest BCUT2D eigenvalue weighted by Gasteiger charge is 2.12. The zero-order valence-corrected chi connectivity index (χ0v) is 21.1. The highest BCUT2D eigenvalue weighted by Crippen LogP contribution is 2.18. The molecule has 2 rings (SSSR count). The molecular formula is C29H37FN4. The third-order valence-electron chi connectivity index (χ3n) is 5.22. The zero-order valence-electron chi connectivity index (χ0n) is 21.1. The van der Waals surface area contributed by atoms with E-state index in [2.05, 4.69) is 61.5 Å². The number of allylic oxidation sites excluding steroid dienone is 5. The molecule has 1 aromatic heterocycles. The van der Waals surface area contributed by atoms with Crippen molar-refractivity contribution >= 4 is 5.84 Å². The summed E-state index contributed by atoms with van der Waals surface area (Å²) in [5, 5.41) is 3.32. The fourth-order valence-corrected chi connectivity index (χ4v) is 3.10. The second-order valence-corrected chi connectivity index (χ2v) is 8.13. The second-order valence-electron chi connectivity index (χ2n) is 8.13. The summed E-state index contributed by atoms with van der Waals surface area (Å²) < 4.78 is 13.4. The average molecular weight is 461 g/mol. The minimum atomic E-state index is -0.277. The minimum Gasteiger partial charge on any atom is -0.345 e. The van der Waals surface area contributed by atoms with Gasteiger partial charge in [-0.15, -0.1) is 0 Å². The standard InChI is InChI=1S/C29H37FN4/c1-6-9-11-19-31-29(33-20-24(8-3)14-13-22(4)12-10-7-2)28-23(5)32-21-27(34-28)25-15-17-26(30)18-16-25/h8,11-19,21H,6-7,9-10,20H2,1-5H3,(H,31,33)/b14-13-,19-11+,22-12+,24-8+. The number of aliphatic imine (C=N–C) groups is 1. The number of aryl methyl sites for hydroxylation is 1. The molecule has 0 bridgehead atoms. The quantitative estimate of drug-likeness (QED) is 0.215. The fraction of sp³-hybridized carbons (Fsp3) is 0.345. The molecular weight excluding hydrogens is 423 g/mol. The third kappa shape index (κ3) is 8.89. The Labute approximate surface area is 204 Å². The Kier molecular flexibility index (Phi) is 11.7. The highest BCUT2D eigenvalue weighted by molar-refractivity contribution is 5.99. The van der Waals surface area contributed by atoms with Crippen LogP contribution in [0.4, 0.5) is 4.39 Å². The highest BCUT2D eigenvalue weighted by atomic mass is 19.1. The van der Waals surface area contributed by atoms with Crippen molar-refractivity contribution in [1.29, 1.82) is 0 Å². The van der Waals surface area contributed by atoms with E-state index < -0.39 is 0 Å². The van der Waals surface area contributed by atoms with Gasteiger partial charge in [-0.05, 0) is 69.7 Å². The Bertz CT molecular complexity index is 1060. The Morgan fingerprint density at radius 1 is 1.09 bits per heavy atom. The van der Waals surface area contributed by atoms with Gasteiger partial charge in [-0.3, -0.25) is 9.98 Å². The summed E-state index contributed by atoms with van der Waals surface area (Å²) in [6.07, 6.45) is 18.6. The maximum atomic E-state index is 13.4. The predicted molar refractivity (Wildman–Crippen MR) is 142 cm³/mol. The summed E-state index contributed by atoms with van der Waals surface area (Å²) in [7, 11) is 0. The molecule has 180 valence electrons. The topological polar surface area (TPSA) is 50.2 Å². The number of hydrogen-bond acceptors (Lipinski definition) is 3. The Balaban J connectivity index is 2.36. The molecule has 1 N–H and O–H groups in total. The minimum absolute atomic E-state index is 0.277. The van der Waals surface area contributed by atoms with Gasteiger partial charge in [0, 0.05) is 5.56 Å². The molecule has 2 aromatic rings. The third-order valence-corrected chi connectivity index (χ3v) is 5.22. The van der Waals surface area contributed by atoms with E-state index in [1.165, 1.54) is 17.7 Å². The lowest BCUT2D eigenvalue weighted by atomic mass is 10.1. The van der Waals surface area contributed by atoms with E-state index in [9.17, 15) is 4.39 Å². The summed E-state index contributed by atoms with van der Waals surface area (Å²) in [5.41, 5.74) is 5.30. The Hall–Kier alpha value is -3.34. The summed E-state index contributed by atoms with van der Waals surface area (Å²) in [6.45, 7) is 10.9. The Morgan fingerprint density at radius 2 is 1.82 bits per heavy atom. The lowest BCUT2D eigenvalue weighted by Gasteiger charge is -2.11. The van der Waals surface area contributed by atoms with Crippen LogP contribution >= 0.6 is 0 Å². The molecule has 5 heteroatoms. The lowest BCUT2D eigenvalue weighted by Crippen LogP contribution is -2.23. The first-order chi connectivity index (χ1) is 16.5. The van der Waals surface area contributed by atoms with E-state index in [1.807, 2.05) is 20.0 Å². The van der Waals surface area contributed by atoms with E-state index in [0.717, 1.165) is 42.5 Å². The molecule has 0 atom stereocenters. The summed E-state index contributed by atoms with van der Waals surface area (Å²) >= 11 is 0. The molecule has 0 saturated heterocycles. The number of hydrogen-bond donors (Lipinski definition) is 1. The number of halogens is 1. The summed E-state index contributed by atoms with van der Waals surface area (Å²) in [4.78, 5) is 14.2. The number of nitrogens with one attached hydrogen (secondary N) is 1. The molecule has 34 heavy (non-hydrogen) atoms. The van der Waals surface area contributed by atoms with Crippen molar-refractivity contribution in [3.05, 3.63) is 95.4 Å². The number of rotatable bonds is 11. The number of unbranched alkanes of at least 4 members (excludes halogenated alkanes) is 2. The smallest absolute Gasteiger partial charge is 0.153 e. The predicted octanol–water partition coefficient (Wildman–Crippen LogP) is 7.49. The zero-order chi connectivity index (χ0) is 24.8. The van der Waals surface area contributed by atoms with Gasteiger partial charge in [0.05, 0.1) is 24.1 Å². The van der Waals surface area contributed by atoms with Gasteiger partial charge in [-0.25, -0.2) is 9.37 Å². The molecule has 0 aliphatic rings. The van der Waals surface area contributed by atoms with Crippen molar-refractivity contribution in [2.24, 2.45) is 4.99 Å². The lowest BCUT2D eigenvalue weighted by molar-refractivity contribution is 0.628. The molecule has 0 radical (unpaired) electrons. The molecule has 0 aliphatic heterocycles. The first-order valence-corrected chi connectivity index (χ1v) is 12.0. The number of benzene rings is 1. The maximum Gasteiger partial charge on any atom is 0.153 e. The van der Waals surface area contributed by atoms with Crippen LogP contribution in [-0.4, -0.2) is 22.3 Å². The molecule has 0 fully saturated rings. The molecule has 1 heterocycles. The average Bonchev–Trinajstić information content (AvgIpc) is 2.85. The van der Waals surface area contributed by atoms with Crippen LogP contribution < -0.4 is 5.32 Å². The molecule has 0 unspecified atom stereocenters. The van der Waals surface area contributed by atoms with Crippen LogP contribution in [0.15, 0.2) is 83.2 Å². The largest absolute Gasteiger partial charge is 0.345 e. The van der Waals surface area contributed by atoms with Gasteiger partial charge in [-0.2, -0.15) is 0 Å². The van der Waals surface area contributed by atoms with Crippen LogP contribution in [0.3, 0.4) is 0 Å². The van der Waals surface area contributed by atoms with Crippen molar-refractivity contribution in [3.8, 4) is 11.3 Å². The van der Waals surface area contributed by atoms with Crippen LogP contribution in [0.5, 0.6) is 0 Å². The molecule has 0 amide bonds. The van der Waals surface area contributed by atoms with Gasteiger partial charge < -0.3 is 5.32 Å². The summed E-state index contributed by atoms with van der Waals surface area (Å²) in [6, 6.07) is 6.28. The van der Waals surface area contributed by atoms with Crippen molar-refractivity contribution in [2.45, 2.75) is 60.3 Å². The first-order valence-electron chi connectivity index (χ1n) is 12.0. The normalized spacial score (nSPS) is 13.3. The molecule has 0 saturated carbocycles. The van der Waals surface area contributed by atoms with Crippen LogP contribution in [0.1, 0.15) is 64.8 Å². The van der Waals surface area contributed by atoms with Crippen molar-refractivity contribution in [2.75, 3.05) is 6.54 Å². The van der Waals surface area contributed by atoms with Gasteiger partial charge in [-0.1, -0.05) is 62.6 Å². The number of aromatic nitrogens is 2.